The summed E-state index contributed by atoms with van der Waals surface area (Å²) < 4.78 is 0. The molecule has 0 saturated carbocycles. The van der Waals surface area contributed by atoms with E-state index in [-0.39, 0.29) is 0 Å². The third-order valence-corrected chi connectivity index (χ3v) is 4.26. The van der Waals surface area contributed by atoms with Crippen molar-refractivity contribution in [3.05, 3.63) is 23.9 Å². The quantitative estimate of drug-likeness (QED) is 0.812. The second-order valence-electron chi connectivity index (χ2n) is 5.47. The number of nitriles is 1. The van der Waals surface area contributed by atoms with Crippen molar-refractivity contribution in [2.75, 3.05) is 31.1 Å². The maximum atomic E-state index is 9.20. The van der Waals surface area contributed by atoms with Crippen LogP contribution in [0.4, 0.5) is 5.82 Å². The Morgan fingerprint density at radius 1 is 1.21 bits per heavy atom. The molecule has 2 aliphatic rings. The summed E-state index contributed by atoms with van der Waals surface area (Å²) in [4.78, 5) is 9.33. The maximum Gasteiger partial charge on any atom is 0.146 e. The number of aromatic nitrogens is 1. The van der Waals surface area contributed by atoms with Crippen LogP contribution in [-0.2, 0) is 0 Å². The molecule has 1 aromatic heterocycles. The molecule has 0 amide bonds. The highest BCUT2D eigenvalue weighted by atomic mass is 15.3. The molecule has 0 unspecified atom stereocenters. The molecule has 3 rings (SSSR count). The van der Waals surface area contributed by atoms with Crippen LogP contribution in [0, 0.1) is 11.3 Å². The number of nitrogens with zero attached hydrogens (tertiary/aromatic N) is 4. The summed E-state index contributed by atoms with van der Waals surface area (Å²) in [5.74, 6) is 0.869. The lowest BCUT2D eigenvalue weighted by atomic mass is 10.0. The maximum absolute atomic E-state index is 9.20. The van der Waals surface area contributed by atoms with Gasteiger partial charge in [0.05, 0.1) is 5.56 Å². The van der Waals surface area contributed by atoms with Crippen molar-refractivity contribution in [2.45, 2.75) is 31.7 Å². The molecule has 1 atom stereocenters. The first-order chi connectivity index (χ1) is 9.38. The van der Waals surface area contributed by atoms with Crippen LogP contribution in [0.5, 0.6) is 0 Å². The number of likely N-dealkylation sites (tertiary alicyclic amines) is 1. The van der Waals surface area contributed by atoms with Gasteiger partial charge in [0.1, 0.15) is 11.9 Å². The second kappa shape index (κ2) is 5.58. The third kappa shape index (κ3) is 2.57. The molecule has 0 aliphatic carbocycles. The Kier molecular flexibility index (Phi) is 3.65. The summed E-state index contributed by atoms with van der Waals surface area (Å²) in [6.45, 7) is 4.53. The fourth-order valence-corrected chi connectivity index (χ4v) is 3.29. The highest BCUT2D eigenvalue weighted by Gasteiger charge is 2.28. The number of pyridine rings is 1. The average Bonchev–Trinajstić information content (AvgIpc) is 3.01. The molecule has 2 aliphatic heterocycles. The Balaban J connectivity index is 1.76. The standard InChI is InChI=1S/C15H20N4/c16-11-13-5-3-7-17-15(13)19-10-4-6-14(12-19)18-8-1-2-9-18/h3,5,7,14H,1-2,4,6,8-10,12H2/t14-/m1/s1. The molecular formula is C15H20N4. The molecule has 0 N–H and O–H groups in total. The summed E-state index contributed by atoms with van der Waals surface area (Å²) in [5, 5.41) is 9.20. The van der Waals surface area contributed by atoms with Crippen molar-refractivity contribution in [2.24, 2.45) is 0 Å². The van der Waals surface area contributed by atoms with Gasteiger partial charge in [-0.2, -0.15) is 5.26 Å². The van der Waals surface area contributed by atoms with Gasteiger partial charge in [-0.3, -0.25) is 4.90 Å². The van der Waals surface area contributed by atoms with E-state index in [4.69, 9.17) is 0 Å². The Labute approximate surface area is 114 Å². The summed E-state index contributed by atoms with van der Waals surface area (Å²) >= 11 is 0. The minimum Gasteiger partial charge on any atom is -0.354 e. The smallest absolute Gasteiger partial charge is 0.146 e. The zero-order valence-corrected chi connectivity index (χ0v) is 11.3. The van der Waals surface area contributed by atoms with E-state index in [2.05, 4.69) is 20.9 Å². The predicted octanol–water partition coefficient (Wildman–Crippen LogP) is 2.02. The highest BCUT2D eigenvalue weighted by Crippen LogP contribution is 2.25. The average molecular weight is 256 g/mol. The van der Waals surface area contributed by atoms with E-state index in [9.17, 15) is 5.26 Å². The Bertz CT molecular complexity index is 473. The summed E-state index contributed by atoms with van der Waals surface area (Å²) in [5.41, 5.74) is 0.699. The molecule has 19 heavy (non-hydrogen) atoms. The molecule has 0 radical (unpaired) electrons. The molecule has 4 nitrogen and oxygen atoms in total. The zero-order chi connectivity index (χ0) is 13.1. The number of anilines is 1. The molecule has 0 aromatic carbocycles. The van der Waals surface area contributed by atoms with Gasteiger partial charge in [0.25, 0.3) is 0 Å². The summed E-state index contributed by atoms with van der Waals surface area (Å²) in [6.07, 6.45) is 6.94. The molecule has 0 spiro atoms. The SMILES string of the molecule is N#Cc1cccnc1N1CCC[C@@H](N2CCCC2)C1. The van der Waals surface area contributed by atoms with Gasteiger partial charge in [-0.15, -0.1) is 0 Å². The van der Waals surface area contributed by atoms with Crippen molar-refractivity contribution in [3.8, 4) is 6.07 Å². The van der Waals surface area contributed by atoms with Gasteiger partial charge in [0, 0.05) is 25.3 Å². The van der Waals surface area contributed by atoms with Crippen LogP contribution < -0.4 is 4.90 Å². The lowest BCUT2D eigenvalue weighted by molar-refractivity contribution is 0.215. The number of piperidine rings is 1. The Morgan fingerprint density at radius 3 is 2.84 bits per heavy atom. The number of hydrogen-bond acceptors (Lipinski definition) is 4. The molecule has 100 valence electrons. The molecular weight excluding hydrogens is 236 g/mol. The fourth-order valence-electron chi connectivity index (χ4n) is 3.29. The topological polar surface area (TPSA) is 43.2 Å². The van der Waals surface area contributed by atoms with Gasteiger partial charge in [0.2, 0.25) is 0 Å². The van der Waals surface area contributed by atoms with Crippen LogP contribution in [0.3, 0.4) is 0 Å². The van der Waals surface area contributed by atoms with E-state index in [0.29, 0.717) is 11.6 Å². The fraction of sp³-hybridized carbons (Fsp3) is 0.600. The molecule has 0 bridgehead atoms. The number of rotatable bonds is 2. The third-order valence-electron chi connectivity index (χ3n) is 4.26. The van der Waals surface area contributed by atoms with E-state index >= 15 is 0 Å². The van der Waals surface area contributed by atoms with Crippen LogP contribution in [-0.4, -0.2) is 42.1 Å². The van der Waals surface area contributed by atoms with Crippen molar-refractivity contribution < 1.29 is 0 Å². The minimum atomic E-state index is 0.643. The van der Waals surface area contributed by atoms with Crippen LogP contribution in [0.15, 0.2) is 18.3 Å². The van der Waals surface area contributed by atoms with Gasteiger partial charge >= 0.3 is 0 Å². The number of hydrogen-bond donors (Lipinski definition) is 0. The van der Waals surface area contributed by atoms with Crippen molar-refractivity contribution in [1.29, 1.82) is 5.26 Å². The Morgan fingerprint density at radius 2 is 2.05 bits per heavy atom. The predicted molar refractivity (Wildman–Crippen MR) is 75.0 cm³/mol. The van der Waals surface area contributed by atoms with Crippen LogP contribution in [0.25, 0.3) is 0 Å². The molecule has 3 heterocycles. The first-order valence-electron chi connectivity index (χ1n) is 7.22. The minimum absolute atomic E-state index is 0.643. The van der Waals surface area contributed by atoms with Gasteiger partial charge < -0.3 is 4.90 Å². The molecule has 4 heteroatoms. The zero-order valence-electron chi connectivity index (χ0n) is 11.3. The van der Waals surface area contributed by atoms with Gasteiger partial charge in [-0.1, -0.05) is 0 Å². The van der Waals surface area contributed by atoms with Crippen molar-refractivity contribution >= 4 is 5.82 Å². The molecule has 2 saturated heterocycles. The van der Waals surface area contributed by atoms with Crippen LogP contribution in [0.1, 0.15) is 31.2 Å². The first kappa shape index (κ1) is 12.4. The molecule has 2 fully saturated rings. The normalized spacial score (nSPS) is 24.4. The van der Waals surface area contributed by atoms with E-state index in [1.807, 2.05) is 12.1 Å². The highest BCUT2D eigenvalue weighted by molar-refractivity contribution is 5.53. The Hall–Kier alpha value is -1.60. The lowest BCUT2D eigenvalue weighted by Crippen LogP contribution is -2.47. The lowest BCUT2D eigenvalue weighted by Gasteiger charge is -2.38. The van der Waals surface area contributed by atoms with Gasteiger partial charge in [-0.25, -0.2) is 4.98 Å². The largest absolute Gasteiger partial charge is 0.354 e. The van der Waals surface area contributed by atoms with E-state index in [1.54, 1.807) is 6.20 Å². The van der Waals surface area contributed by atoms with Gasteiger partial charge in [0.15, 0.2) is 0 Å². The summed E-state index contributed by atoms with van der Waals surface area (Å²) in [7, 11) is 0. The molecule has 1 aromatic rings. The van der Waals surface area contributed by atoms with Crippen LogP contribution in [0.2, 0.25) is 0 Å². The monoisotopic (exact) mass is 256 g/mol. The van der Waals surface area contributed by atoms with E-state index in [1.165, 1.54) is 38.8 Å². The van der Waals surface area contributed by atoms with Gasteiger partial charge in [-0.05, 0) is 50.9 Å². The van der Waals surface area contributed by atoms with Crippen molar-refractivity contribution in [1.82, 2.24) is 9.88 Å². The van der Waals surface area contributed by atoms with Crippen LogP contribution >= 0.6 is 0 Å². The van der Waals surface area contributed by atoms with E-state index in [0.717, 1.165) is 18.9 Å². The van der Waals surface area contributed by atoms with Crippen molar-refractivity contribution in [3.63, 3.8) is 0 Å². The summed E-state index contributed by atoms with van der Waals surface area (Å²) in [6, 6.07) is 6.60. The first-order valence-corrected chi connectivity index (χ1v) is 7.22. The second-order valence-corrected chi connectivity index (χ2v) is 5.47. The van der Waals surface area contributed by atoms with E-state index < -0.39 is 0 Å².